The molecular weight excluding hydrogens is 308 g/mol. The van der Waals surface area contributed by atoms with Gasteiger partial charge in [-0.25, -0.2) is 4.79 Å². The standard InChI is InChI=1S/C10H13BrN2O5/c11-2-1-7-3-13(10(17)12-9(7)16)6-18-8(4-14)5-15/h1-3,8,14-15H,4-6H2,(H,12,16,17). The van der Waals surface area contributed by atoms with Crippen LogP contribution in [0.1, 0.15) is 5.56 Å². The lowest BCUT2D eigenvalue weighted by Gasteiger charge is -2.13. The molecule has 1 rings (SSSR count). The number of ether oxygens (including phenoxy) is 1. The third-order valence-electron chi connectivity index (χ3n) is 2.14. The quantitative estimate of drug-likeness (QED) is 0.638. The maximum atomic E-state index is 11.5. The highest BCUT2D eigenvalue weighted by Crippen LogP contribution is 1.97. The van der Waals surface area contributed by atoms with Gasteiger partial charge >= 0.3 is 5.69 Å². The minimum Gasteiger partial charge on any atom is -0.394 e. The average molecular weight is 321 g/mol. The van der Waals surface area contributed by atoms with Gasteiger partial charge in [0.25, 0.3) is 5.56 Å². The van der Waals surface area contributed by atoms with Gasteiger partial charge in [-0.1, -0.05) is 15.9 Å². The number of H-pyrrole nitrogens is 1. The van der Waals surface area contributed by atoms with Crippen LogP contribution in [0.3, 0.4) is 0 Å². The number of rotatable bonds is 6. The Morgan fingerprint density at radius 1 is 1.44 bits per heavy atom. The van der Waals surface area contributed by atoms with Crippen molar-refractivity contribution in [2.45, 2.75) is 12.8 Å². The Morgan fingerprint density at radius 3 is 2.67 bits per heavy atom. The molecular formula is C10H13BrN2O5. The molecule has 0 aromatic carbocycles. The van der Waals surface area contributed by atoms with Gasteiger partial charge in [0.2, 0.25) is 0 Å². The number of halogens is 1. The normalized spacial score (nSPS) is 11.6. The Bertz CT molecular complexity index is 518. The number of aliphatic hydroxyl groups excluding tert-OH is 2. The lowest BCUT2D eigenvalue weighted by molar-refractivity contribution is -0.0513. The zero-order valence-corrected chi connectivity index (χ0v) is 11.0. The van der Waals surface area contributed by atoms with Crippen LogP contribution in [0.4, 0.5) is 0 Å². The van der Waals surface area contributed by atoms with Crippen LogP contribution in [0.2, 0.25) is 0 Å². The molecule has 0 fully saturated rings. The summed E-state index contributed by atoms with van der Waals surface area (Å²) in [5.74, 6) is 0. The second kappa shape index (κ2) is 7.27. The van der Waals surface area contributed by atoms with Gasteiger partial charge in [-0.05, 0) is 11.1 Å². The molecule has 0 aliphatic carbocycles. The van der Waals surface area contributed by atoms with Gasteiger partial charge in [-0.15, -0.1) is 0 Å². The molecule has 0 saturated heterocycles. The van der Waals surface area contributed by atoms with E-state index in [4.69, 9.17) is 14.9 Å². The third kappa shape index (κ3) is 3.91. The summed E-state index contributed by atoms with van der Waals surface area (Å²) in [6.45, 7) is -0.893. The summed E-state index contributed by atoms with van der Waals surface area (Å²) in [7, 11) is 0. The van der Waals surface area contributed by atoms with Gasteiger partial charge < -0.3 is 14.9 Å². The molecule has 100 valence electrons. The summed E-state index contributed by atoms with van der Waals surface area (Å²) >= 11 is 3.03. The van der Waals surface area contributed by atoms with Crippen molar-refractivity contribution in [1.82, 2.24) is 9.55 Å². The van der Waals surface area contributed by atoms with Crippen LogP contribution in [0.15, 0.2) is 20.8 Å². The molecule has 8 heteroatoms. The minimum atomic E-state index is -0.765. The van der Waals surface area contributed by atoms with Crippen molar-refractivity contribution in [1.29, 1.82) is 0 Å². The number of nitrogens with zero attached hydrogens (tertiary/aromatic N) is 1. The molecule has 0 aliphatic heterocycles. The van der Waals surface area contributed by atoms with Crippen LogP contribution >= 0.6 is 15.9 Å². The summed E-state index contributed by atoms with van der Waals surface area (Å²) < 4.78 is 6.21. The van der Waals surface area contributed by atoms with Crippen molar-refractivity contribution in [3.63, 3.8) is 0 Å². The highest BCUT2D eigenvalue weighted by atomic mass is 79.9. The molecule has 0 radical (unpaired) electrons. The fourth-order valence-corrected chi connectivity index (χ4v) is 1.44. The molecule has 0 amide bonds. The number of aliphatic hydroxyl groups is 2. The lowest BCUT2D eigenvalue weighted by atomic mass is 10.3. The first-order valence-electron chi connectivity index (χ1n) is 5.06. The van der Waals surface area contributed by atoms with E-state index in [0.29, 0.717) is 0 Å². The van der Waals surface area contributed by atoms with Crippen LogP contribution in [0.5, 0.6) is 0 Å². The highest BCUT2D eigenvalue weighted by Gasteiger charge is 2.07. The Kier molecular flexibility index (Phi) is 5.99. The van der Waals surface area contributed by atoms with E-state index < -0.39 is 17.4 Å². The van der Waals surface area contributed by atoms with Gasteiger partial charge in [0.15, 0.2) is 0 Å². The molecule has 18 heavy (non-hydrogen) atoms. The first-order valence-corrected chi connectivity index (χ1v) is 5.97. The number of aromatic amines is 1. The zero-order chi connectivity index (χ0) is 13.5. The zero-order valence-electron chi connectivity index (χ0n) is 9.38. The monoisotopic (exact) mass is 320 g/mol. The molecule has 1 heterocycles. The Hall–Kier alpha value is -1.22. The van der Waals surface area contributed by atoms with Crippen LogP contribution in [0.25, 0.3) is 6.08 Å². The Balaban J connectivity index is 2.92. The maximum Gasteiger partial charge on any atom is 0.330 e. The van der Waals surface area contributed by atoms with Gasteiger partial charge in [0.1, 0.15) is 12.8 Å². The molecule has 3 N–H and O–H groups in total. The second-order valence-electron chi connectivity index (χ2n) is 3.39. The summed E-state index contributed by atoms with van der Waals surface area (Å²) in [6, 6.07) is 0. The number of aromatic nitrogens is 2. The van der Waals surface area contributed by atoms with E-state index in [-0.39, 0.29) is 25.5 Å². The van der Waals surface area contributed by atoms with Crippen molar-refractivity contribution >= 4 is 22.0 Å². The predicted octanol–water partition coefficient (Wildman–Crippen LogP) is -0.770. The number of hydrogen-bond donors (Lipinski definition) is 3. The van der Waals surface area contributed by atoms with Gasteiger partial charge in [-0.2, -0.15) is 0 Å². The smallest absolute Gasteiger partial charge is 0.330 e. The predicted molar refractivity (Wildman–Crippen MR) is 68.3 cm³/mol. The van der Waals surface area contributed by atoms with Gasteiger partial charge in [-0.3, -0.25) is 14.3 Å². The van der Waals surface area contributed by atoms with E-state index >= 15 is 0 Å². The van der Waals surface area contributed by atoms with Crippen LogP contribution in [0, 0.1) is 0 Å². The molecule has 0 atom stereocenters. The van der Waals surface area contributed by atoms with Crippen LogP contribution in [-0.4, -0.2) is 39.1 Å². The Morgan fingerprint density at radius 2 is 2.11 bits per heavy atom. The number of nitrogens with one attached hydrogen (secondary N) is 1. The molecule has 0 bridgehead atoms. The summed E-state index contributed by atoms with van der Waals surface area (Å²) in [5.41, 5.74) is -0.853. The van der Waals surface area contributed by atoms with E-state index in [2.05, 4.69) is 20.9 Å². The maximum absolute atomic E-state index is 11.5. The topological polar surface area (TPSA) is 105 Å². The minimum absolute atomic E-state index is 0.176. The fourth-order valence-electron chi connectivity index (χ4n) is 1.16. The third-order valence-corrected chi connectivity index (χ3v) is 2.40. The molecule has 0 aliphatic rings. The van der Waals surface area contributed by atoms with E-state index in [1.54, 1.807) is 0 Å². The average Bonchev–Trinajstić information content (AvgIpc) is 2.35. The first-order chi connectivity index (χ1) is 8.62. The van der Waals surface area contributed by atoms with Gasteiger partial charge in [0.05, 0.1) is 18.8 Å². The van der Waals surface area contributed by atoms with Crippen molar-refractivity contribution < 1.29 is 14.9 Å². The van der Waals surface area contributed by atoms with Crippen LogP contribution in [-0.2, 0) is 11.5 Å². The van der Waals surface area contributed by atoms with E-state index in [9.17, 15) is 9.59 Å². The fraction of sp³-hybridized carbons (Fsp3) is 0.400. The molecule has 0 spiro atoms. The van der Waals surface area contributed by atoms with E-state index in [0.717, 1.165) is 4.57 Å². The lowest BCUT2D eigenvalue weighted by Crippen LogP contribution is -2.33. The summed E-state index contributed by atoms with van der Waals surface area (Å²) in [6.07, 6.45) is 2.04. The summed E-state index contributed by atoms with van der Waals surface area (Å²) in [4.78, 5) is 26.4. The van der Waals surface area contributed by atoms with Crippen molar-refractivity contribution in [3.05, 3.63) is 37.6 Å². The largest absolute Gasteiger partial charge is 0.394 e. The summed E-state index contributed by atoms with van der Waals surface area (Å²) in [5, 5.41) is 17.6. The molecule has 1 aromatic heterocycles. The van der Waals surface area contributed by atoms with Gasteiger partial charge in [0, 0.05) is 6.20 Å². The molecule has 7 nitrogen and oxygen atoms in total. The Labute approximate surface area is 110 Å². The molecule has 0 unspecified atom stereocenters. The number of hydrogen-bond acceptors (Lipinski definition) is 5. The highest BCUT2D eigenvalue weighted by molar-refractivity contribution is 9.11. The second-order valence-corrected chi connectivity index (χ2v) is 3.92. The van der Waals surface area contributed by atoms with E-state index in [1.165, 1.54) is 17.3 Å². The molecule has 1 aromatic rings. The van der Waals surface area contributed by atoms with Crippen molar-refractivity contribution in [2.75, 3.05) is 13.2 Å². The van der Waals surface area contributed by atoms with Crippen LogP contribution < -0.4 is 11.2 Å². The van der Waals surface area contributed by atoms with E-state index in [1.807, 2.05) is 0 Å². The van der Waals surface area contributed by atoms with Crippen molar-refractivity contribution in [2.24, 2.45) is 0 Å². The molecule has 0 saturated carbocycles. The SMILES string of the molecule is O=c1[nH]c(=O)n(COC(CO)CO)cc1C=CBr. The van der Waals surface area contributed by atoms with Crippen molar-refractivity contribution in [3.8, 4) is 0 Å². The first kappa shape index (κ1) is 14.8.